The molecule has 1 unspecified atom stereocenters. The summed E-state index contributed by atoms with van der Waals surface area (Å²) in [5.41, 5.74) is 1.72. The fourth-order valence-electron chi connectivity index (χ4n) is 3.10. The Morgan fingerprint density at radius 2 is 2.08 bits per heavy atom. The van der Waals surface area contributed by atoms with Gasteiger partial charge < -0.3 is 9.64 Å². The Hall–Kier alpha value is -2.47. The summed E-state index contributed by atoms with van der Waals surface area (Å²) in [7, 11) is 1.86. The van der Waals surface area contributed by atoms with Crippen LogP contribution in [0.5, 0.6) is 0 Å². The summed E-state index contributed by atoms with van der Waals surface area (Å²) in [6.45, 7) is 1.48. The quantitative estimate of drug-likeness (QED) is 0.752. The zero-order chi connectivity index (χ0) is 17.6. The summed E-state index contributed by atoms with van der Waals surface area (Å²) in [6, 6.07) is 9.00. The smallest absolute Gasteiger partial charge is 0.223 e. The highest BCUT2D eigenvalue weighted by Gasteiger charge is 2.29. The molecule has 0 spiro atoms. The van der Waals surface area contributed by atoms with Crippen molar-refractivity contribution in [2.75, 3.05) is 19.8 Å². The first-order chi connectivity index (χ1) is 12.1. The lowest BCUT2D eigenvalue weighted by Gasteiger charge is -2.35. The van der Waals surface area contributed by atoms with E-state index in [0.29, 0.717) is 44.6 Å². The van der Waals surface area contributed by atoms with Gasteiger partial charge in [0.05, 0.1) is 25.5 Å². The first kappa shape index (κ1) is 17.4. The second-order valence-electron chi connectivity index (χ2n) is 6.33. The zero-order valence-electron chi connectivity index (χ0n) is 14.4. The molecule has 0 N–H and O–H groups in total. The van der Waals surface area contributed by atoms with Crippen LogP contribution in [0.1, 0.15) is 28.8 Å². The second kappa shape index (κ2) is 8.07. The number of hydrogen-bond donors (Lipinski definition) is 0. The number of morpholine rings is 1. The normalized spacial score (nSPS) is 17.5. The molecule has 132 valence electrons. The lowest BCUT2D eigenvalue weighted by molar-refractivity contribution is -0.139. The Kier molecular flexibility index (Phi) is 5.60. The number of carbonyl (C=O) groups excluding carboxylic acids is 2. The molecule has 2 aromatic rings. The lowest BCUT2D eigenvalue weighted by Crippen LogP contribution is -2.49. The molecule has 0 radical (unpaired) electrons. The number of amides is 1. The maximum Gasteiger partial charge on any atom is 0.223 e. The van der Waals surface area contributed by atoms with E-state index in [9.17, 15) is 9.59 Å². The van der Waals surface area contributed by atoms with Crippen LogP contribution in [0, 0.1) is 0 Å². The summed E-state index contributed by atoms with van der Waals surface area (Å²) >= 11 is 0. The van der Waals surface area contributed by atoms with Crippen LogP contribution >= 0.6 is 0 Å². The third-order valence-corrected chi connectivity index (χ3v) is 4.45. The van der Waals surface area contributed by atoms with Gasteiger partial charge in [0, 0.05) is 38.2 Å². The number of benzene rings is 1. The molecule has 1 amide bonds. The minimum Gasteiger partial charge on any atom is -0.377 e. The van der Waals surface area contributed by atoms with Gasteiger partial charge in [0.1, 0.15) is 0 Å². The third kappa shape index (κ3) is 4.54. The SMILES string of the molecule is Cn1cc(CCC(=O)N2CCOCC2CC(=O)c2ccccc2)cn1. The summed E-state index contributed by atoms with van der Waals surface area (Å²) in [4.78, 5) is 26.9. The minimum atomic E-state index is -0.192. The molecule has 0 aliphatic carbocycles. The van der Waals surface area contributed by atoms with Gasteiger partial charge in [-0.15, -0.1) is 0 Å². The average Bonchev–Trinajstić information content (AvgIpc) is 3.06. The molecule has 1 aromatic heterocycles. The third-order valence-electron chi connectivity index (χ3n) is 4.45. The number of nitrogens with zero attached hydrogens (tertiary/aromatic N) is 3. The molecule has 6 heteroatoms. The predicted molar refractivity (Wildman–Crippen MR) is 93.2 cm³/mol. The highest BCUT2D eigenvalue weighted by atomic mass is 16.5. The van der Waals surface area contributed by atoms with E-state index in [2.05, 4.69) is 5.10 Å². The average molecular weight is 341 g/mol. The number of Topliss-reactive ketones (excluding diaryl/α,β-unsaturated/α-hetero) is 1. The zero-order valence-corrected chi connectivity index (χ0v) is 14.4. The van der Waals surface area contributed by atoms with Crippen LogP contribution in [-0.2, 0) is 23.0 Å². The molecule has 1 aliphatic heterocycles. The summed E-state index contributed by atoms with van der Waals surface area (Å²) in [6.07, 6.45) is 5.07. The number of ketones is 1. The number of ether oxygens (including phenoxy) is 1. The second-order valence-corrected chi connectivity index (χ2v) is 6.33. The monoisotopic (exact) mass is 341 g/mol. The largest absolute Gasteiger partial charge is 0.377 e. The Morgan fingerprint density at radius 3 is 2.80 bits per heavy atom. The molecule has 6 nitrogen and oxygen atoms in total. The predicted octanol–water partition coefficient (Wildman–Crippen LogP) is 1.85. The molecular weight excluding hydrogens is 318 g/mol. The molecule has 1 saturated heterocycles. The van der Waals surface area contributed by atoms with Crippen molar-refractivity contribution in [1.82, 2.24) is 14.7 Å². The van der Waals surface area contributed by atoms with Gasteiger partial charge in [-0.05, 0) is 12.0 Å². The summed E-state index contributed by atoms with van der Waals surface area (Å²) < 4.78 is 7.24. The number of rotatable bonds is 6. The number of aryl methyl sites for hydroxylation is 2. The van der Waals surface area contributed by atoms with Crippen molar-refractivity contribution < 1.29 is 14.3 Å². The van der Waals surface area contributed by atoms with Gasteiger partial charge in [0.2, 0.25) is 5.91 Å². The van der Waals surface area contributed by atoms with Crippen molar-refractivity contribution in [1.29, 1.82) is 0 Å². The molecule has 0 bridgehead atoms. The Bertz CT molecular complexity index is 727. The van der Waals surface area contributed by atoms with E-state index in [1.807, 2.05) is 31.4 Å². The number of aromatic nitrogens is 2. The van der Waals surface area contributed by atoms with Crippen LogP contribution in [0.4, 0.5) is 0 Å². The van der Waals surface area contributed by atoms with Gasteiger partial charge in [0.25, 0.3) is 0 Å². The molecule has 25 heavy (non-hydrogen) atoms. The molecule has 0 saturated carbocycles. The maximum absolute atomic E-state index is 12.6. The van der Waals surface area contributed by atoms with Crippen LogP contribution in [0.15, 0.2) is 42.7 Å². The van der Waals surface area contributed by atoms with Crippen molar-refractivity contribution in [2.24, 2.45) is 7.05 Å². The minimum absolute atomic E-state index is 0.0427. The van der Waals surface area contributed by atoms with E-state index in [1.165, 1.54) is 0 Å². The Balaban J connectivity index is 1.60. The Morgan fingerprint density at radius 1 is 1.28 bits per heavy atom. The first-order valence-corrected chi connectivity index (χ1v) is 8.56. The van der Waals surface area contributed by atoms with E-state index in [1.54, 1.807) is 27.9 Å². The van der Waals surface area contributed by atoms with E-state index >= 15 is 0 Å². The van der Waals surface area contributed by atoms with Crippen molar-refractivity contribution in [2.45, 2.75) is 25.3 Å². The van der Waals surface area contributed by atoms with Gasteiger partial charge in [0.15, 0.2) is 5.78 Å². The standard InChI is InChI=1S/C19H23N3O3/c1-21-13-15(12-20-21)7-8-19(24)22-9-10-25-14-17(22)11-18(23)16-5-3-2-4-6-16/h2-6,12-13,17H,7-11,14H2,1H3. The summed E-state index contributed by atoms with van der Waals surface area (Å²) in [5.74, 6) is 0.110. The van der Waals surface area contributed by atoms with Crippen LogP contribution in [0.3, 0.4) is 0 Å². The topological polar surface area (TPSA) is 64.4 Å². The first-order valence-electron chi connectivity index (χ1n) is 8.56. The van der Waals surface area contributed by atoms with E-state index in [4.69, 9.17) is 4.74 Å². The molecule has 1 atom stereocenters. The van der Waals surface area contributed by atoms with E-state index in [0.717, 1.165) is 5.56 Å². The number of carbonyl (C=O) groups is 2. The lowest BCUT2D eigenvalue weighted by atomic mass is 10.0. The van der Waals surface area contributed by atoms with Crippen molar-refractivity contribution >= 4 is 11.7 Å². The fourth-order valence-corrected chi connectivity index (χ4v) is 3.10. The molecule has 3 rings (SSSR count). The molecule has 1 fully saturated rings. The maximum atomic E-state index is 12.6. The van der Waals surface area contributed by atoms with Gasteiger partial charge in [-0.25, -0.2) is 0 Å². The van der Waals surface area contributed by atoms with Gasteiger partial charge in [-0.2, -0.15) is 5.10 Å². The molecule has 1 aliphatic rings. The van der Waals surface area contributed by atoms with Gasteiger partial charge in [-0.1, -0.05) is 30.3 Å². The van der Waals surface area contributed by atoms with Gasteiger partial charge >= 0.3 is 0 Å². The van der Waals surface area contributed by atoms with Crippen LogP contribution in [0.25, 0.3) is 0 Å². The van der Waals surface area contributed by atoms with E-state index < -0.39 is 0 Å². The molecule has 1 aromatic carbocycles. The molecule has 2 heterocycles. The van der Waals surface area contributed by atoms with Gasteiger partial charge in [-0.3, -0.25) is 14.3 Å². The fraction of sp³-hybridized carbons (Fsp3) is 0.421. The Labute approximate surface area is 147 Å². The summed E-state index contributed by atoms with van der Waals surface area (Å²) in [5, 5.41) is 4.12. The highest BCUT2D eigenvalue weighted by Crippen LogP contribution is 2.16. The number of hydrogen-bond acceptors (Lipinski definition) is 4. The van der Waals surface area contributed by atoms with E-state index in [-0.39, 0.29) is 17.7 Å². The van der Waals surface area contributed by atoms with Crippen molar-refractivity contribution in [3.05, 3.63) is 53.9 Å². The van der Waals surface area contributed by atoms with Crippen LogP contribution < -0.4 is 0 Å². The van der Waals surface area contributed by atoms with Crippen LogP contribution in [0.2, 0.25) is 0 Å². The molecular formula is C19H23N3O3. The highest BCUT2D eigenvalue weighted by molar-refractivity contribution is 5.96. The van der Waals surface area contributed by atoms with Crippen molar-refractivity contribution in [3.63, 3.8) is 0 Å². The van der Waals surface area contributed by atoms with Crippen molar-refractivity contribution in [3.8, 4) is 0 Å². The van der Waals surface area contributed by atoms with Crippen LogP contribution in [-0.4, -0.2) is 52.2 Å².